The smallest absolute Gasteiger partial charge is 0.336 e. The number of nitrogens with one attached hydrogen (secondary N) is 1. The third-order valence-corrected chi connectivity index (χ3v) is 8.05. The number of amides is 1. The second-order valence-electron chi connectivity index (χ2n) is 8.04. The lowest BCUT2D eigenvalue weighted by Gasteiger charge is -2.22. The van der Waals surface area contributed by atoms with Gasteiger partial charge in [0.25, 0.3) is 5.91 Å². The highest BCUT2D eigenvalue weighted by Crippen LogP contribution is 2.49. The molecule has 198 valence electrons. The maximum absolute atomic E-state index is 13.8. The van der Waals surface area contributed by atoms with Crippen molar-refractivity contribution in [2.24, 2.45) is 0 Å². The SMILES string of the molecule is CC(=O)OCOP(=O)(CC[C@@H](Cc1cccc(F)c1)NC(=O)c1cc2ccccc2s1)OCOC(C)=O. The van der Waals surface area contributed by atoms with Crippen LogP contribution in [0.25, 0.3) is 10.1 Å². The van der Waals surface area contributed by atoms with Crippen LogP contribution in [-0.4, -0.2) is 43.6 Å². The van der Waals surface area contributed by atoms with E-state index in [1.165, 1.54) is 23.5 Å². The van der Waals surface area contributed by atoms with E-state index in [1.54, 1.807) is 18.2 Å². The van der Waals surface area contributed by atoms with E-state index in [0.717, 1.165) is 23.9 Å². The van der Waals surface area contributed by atoms with Gasteiger partial charge in [0.2, 0.25) is 13.6 Å². The summed E-state index contributed by atoms with van der Waals surface area (Å²) in [6.07, 6.45) is 0.134. The van der Waals surface area contributed by atoms with E-state index in [-0.39, 0.29) is 24.9 Å². The fourth-order valence-corrected chi connectivity index (χ4v) is 5.74. The van der Waals surface area contributed by atoms with E-state index in [2.05, 4.69) is 5.32 Å². The summed E-state index contributed by atoms with van der Waals surface area (Å²) in [7, 11) is -3.92. The van der Waals surface area contributed by atoms with Gasteiger partial charge in [0.15, 0.2) is 0 Å². The second kappa shape index (κ2) is 13.4. The molecule has 0 aliphatic rings. The zero-order chi connectivity index (χ0) is 26.8. The van der Waals surface area contributed by atoms with E-state index >= 15 is 0 Å². The van der Waals surface area contributed by atoms with Crippen molar-refractivity contribution in [1.29, 1.82) is 0 Å². The van der Waals surface area contributed by atoms with Gasteiger partial charge in [0.1, 0.15) is 5.82 Å². The number of carbonyl (C=O) groups excluding carboxylic acids is 3. The number of ether oxygens (including phenoxy) is 2. The number of hydrogen-bond acceptors (Lipinski definition) is 9. The van der Waals surface area contributed by atoms with Crippen molar-refractivity contribution in [3.8, 4) is 0 Å². The van der Waals surface area contributed by atoms with Gasteiger partial charge in [-0.2, -0.15) is 0 Å². The molecule has 0 unspecified atom stereocenters. The first-order valence-electron chi connectivity index (χ1n) is 11.3. The lowest BCUT2D eigenvalue weighted by atomic mass is 10.0. The van der Waals surface area contributed by atoms with Crippen molar-refractivity contribution >= 4 is 46.9 Å². The zero-order valence-electron chi connectivity index (χ0n) is 20.3. The molecule has 3 rings (SSSR count). The van der Waals surface area contributed by atoms with Gasteiger partial charge in [0.05, 0.1) is 11.0 Å². The van der Waals surface area contributed by atoms with Crippen LogP contribution in [0.5, 0.6) is 0 Å². The van der Waals surface area contributed by atoms with Crippen LogP contribution in [0, 0.1) is 5.82 Å². The lowest BCUT2D eigenvalue weighted by molar-refractivity contribution is -0.149. The van der Waals surface area contributed by atoms with Crippen molar-refractivity contribution in [2.45, 2.75) is 32.7 Å². The fraction of sp³-hybridized carbons (Fsp3) is 0.320. The average molecular weight is 552 g/mol. The Bertz CT molecular complexity index is 1240. The minimum Gasteiger partial charge on any atom is -0.438 e. The number of halogens is 1. The van der Waals surface area contributed by atoms with Crippen LogP contribution in [0.4, 0.5) is 4.39 Å². The quantitative estimate of drug-likeness (QED) is 0.178. The number of carbonyl (C=O) groups is 3. The van der Waals surface area contributed by atoms with Gasteiger partial charge in [-0.05, 0) is 48.1 Å². The van der Waals surface area contributed by atoms with Gasteiger partial charge < -0.3 is 14.8 Å². The second-order valence-corrected chi connectivity index (χ2v) is 11.3. The molecule has 3 aromatic rings. The minimum absolute atomic E-state index is 0.102. The molecule has 0 aliphatic heterocycles. The van der Waals surface area contributed by atoms with Crippen LogP contribution in [-0.2, 0) is 39.1 Å². The maximum atomic E-state index is 13.8. The third kappa shape index (κ3) is 9.36. The molecule has 37 heavy (non-hydrogen) atoms. The summed E-state index contributed by atoms with van der Waals surface area (Å²) in [5, 5.41) is 3.86. The minimum atomic E-state index is -3.92. The summed E-state index contributed by atoms with van der Waals surface area (Å²) in [5.41, 5.74) is 0.623. The molecule has 1 heterocycles. The highest BCUT2D eigenvalue weighted by Gasteiger charge is 2.28. The molecule has 1 amide bonds. The summed E-state index contributed by atoms with van der Waals surface area (Å²) < 4.78 is 47.8. The molecule has 0 radical (unpaired) electrons. The molecule has 1 atom stereocenters. The van der Waals surface area contributed by atoms with Gasteiger partial charge in [-0.1, -0.05) is 30.3 Å². The molecule has 0 saturated carbocycles. The lowest BCUT2D eigenvalue weighted by Crippen LogP contribution is -2.37. The molecule has 0 spiro atoms. The summed E-state index contributed by atoms with van der Waals surface area (Å²) in [4.78, 5) is 35.7. The molecule has 1 aromatic heterocycles. The normalized spacial score (nSPS) is 12.2. The van der Waals surface area contributed by atoms with Crippen LogP contribution in [0.15, 0.2) is 54.6 Å². The topological polar surface area (TPSA) is 117 Å². The Balaban J connectivity index is 1.75. The number of hydrogen-bond donors (Lipinski definition) is 1. The van der Waals surface area contributed by atoms with E-state index in [1.807, 2.05) is 24.3 Å². The number of thiophene rings is 1. The molecule has 2 aromatic carbocycles. The van der Waals surface area contributed by atoms with Gasteiger partial charge in [-0.15, -0.1) is 11.3 Å². The molecular weight excluding hydrogens is 524 g/mol. The first kappa shape index (κ1) is 28.5. The monoisotopic (exact) mass is 551 g/mol. The maximum Gasteiger partial charge on any atom is 0.336 e. The number of fused-ring (bicyclic) bond motifs is 1. The van der Waals surface area contributed by atoms with Crippen molar-refractivity contribution in [2.75, 3.05) is 19.7 Å². The standard InChI is InChI=1S/C25H27FNO8PS/c1-17(28)32-15-34-36(31,35-16-33-18(2)29)11-10-22(13-19-6-5-8-21(26)12-19)27-25(30)24-14-20-7-3-4-9-23(20)37-24/h3-9,12,14,22H,10-11,13,15-16H2,1-2H3,(H,27,30)/t22-/m0/s1. The molecule has 12 heteroatoms. The van der Waals surface area contributed by atoms with Gasteiger partial charge in [0, 0.05) is 24.6 Å². The summed E-state index contributed by atoms with van der Waals surface area (Å²) in [6, 6.07) is 14.7. The van der Waals surface area contributed by atoms with E-state index in [4.69, 9.17) is 18.5 Å². The summed E-state index contributed by atoms with van der Waals surface area (Å²) >= 11 is 1.33. The van der Waals surface area contributed by atoms with Gasteiger partial charge in [-0.3, -0.25) is 28.0 Å². The molecule has 0 fully saturated rings. The highest BCUT2D eigenvalue weighted by atomic mass is 32.1. The molecule has 0 bridgehead atoms. The van der Waals surface area contributed by atoms with Gasteiger partial charge >= 0.3 is 19.5 Å². The molecular formula is C25H27FNO8PS. The van der Waals surface area contributed by atoms with Crippen LogP contribution in [0.3, 0.4) is 0 Å². The van der Waals surface area contributed by atoms with Crippen molar-refractivity contribution < 1.29 is 41.9 Å². The predicted octanol–water partition coefficient (Wildman–Crippen LogP) is 5.04. The molecule has 9 nitrogen and oxygen atoms in total. The Labute approximate surface area is 217 Å². The Morgan fingerprint density at radius 3 is 2.27 bits per heavy atom. The first-order chi connectivity index (χ1) is 17.6. The number of benzene rings is 2. The fourth-order valence-electron chi connectivity index (χ4n) is 3.38. The third-order valence-electron chi connectivity index (χ3n) is 5.13. The highest BCUT2D eigenvalue weighted by molar-refractivity contribution is 7.53. The van der Waals surface area contributed by atoms with Crippen LogP contribution < -0.4 is 5.32 Å². The molecule has 0 aliphatic carbocycles. The average Bonchev–Trinajstić information content (AvgIpc) is 3.27. The number of esters is 2. The van der Waals surface area contributed by atoms with Crippen LogP contribution in [0.1, 0.15) is 35.5 Å². The van der Waals surface area contributed by atoms with E-state index in [0.29, 0.717) is 10.4 Å². The summed E-state index contributed by atoms with van der Waals surface area (Å²) in [6.45, 7) is 1.06. The Morgan fingerprint density at radius 2 is 1.65 bits per heavy atom. The Morgan fingerprint density at radius 1 is 0.973 bits per heavy atom. The van der Waals surface area contributed by atoms with Crippen molar-refractivity contribution in [1.82, 2.24) is 5.32 Å². The van der Waals surface area contributed by atoms with Crippen LogP contribution >= 0.6 is 18.9 Å². The first-order valence-corrected chi connectivity index (χ1v) is 13.9. The largest absolute Gasteiger partial charge is 0.438 e. The molecule has 0 saturated heterocycles. The zero-order valence-corrected chi connectivity index (χ0v) is 22.0. The van der Waals surface area contributed by atoms with Crippen molar-refractivity contribution in [3.05, 3.63) is 70.9 Å². The van der Waals surface area contributed by atoms with E-state index in [9.17, 15) is 23.3 Å². The predicted molar refractivity (Wildman–Crippen MR) is 136 cm³/mol. The van der Waals surface area contributed by atoms with Crippen molar-refractivity contribution in [3.63, 3.8) is 0 Å². The molecule has 1 N–H and O–H groups in total. The van der Waals surface area contributed by atoms with Crippen LogP contribution in [0.2, 0.25) is 0 Å². The van der Waals surface area contributed by atoms with E-state index < -0.39 is 45.0 Å². The number of rotatable bonds is 13. The summed E-state index contributed by atoms with van der Waals surface area (Å²) in [5.74, 6) is -2.05. The Hall–Kier alpha value is -3.11. The van der Waals surface area contributed by atoms with Gasteiger partial charge in [-0.25, -0.2) is 4.39 Å². The Kier molecular flexibility index (Phi) is 10.3.